The molecule has 1 aromatic carbocycles. The van der Waals surface area contributed by atoms with Crippen LogP contribution in [0.4, 0.5) is 9.18 Å². The smallest absolute Gasteiger partial charge is 0.428 e. The van der Waals surface area contributed by atoms with Crippen molar-refractivity contribution in [3.05, 3.63) is 35.6 Å². The predicted molar refractivity (Wildman–Crippen MR) is 63.4 cm³/mol. The topological polar surface area (TPSA) is 50.7 Å². The molecule has 92 valence electrons. The molecule has 0 aromatic heterocycles. The summed E-state index contributed by atoms with van der Waals surface area (Å²) in [4.78, 5) is 11.2. The average molecular weight is 238 g/mol. The van der Waals surface area contributed by atoms with E-state index in [4.69, 9.17) is 4.74 Å². The van der Waals surface area contributed by atoms with Crippen LogP contribution in [-0.2, 0) is 4.74 Å². The number of hydrazone groups is 1. The Bertz CT molecular complexity index is 425. The molecular weight excluding hydrogens is 223 g/mol. The van der Waals surface area contributed by atoms with Gasteiger partial charge in [-0.2, -0.15) is 5.10 Å². The fourth-order valence-corrected chi connectivity index (χ4v) is 1.04. The average Bonchev–Trinajstić information content (AvgIpc) is 2.18. The Kier molecular flexibility index (Phi) is 4.20. The molecule has 0 aliphatic carbocycles. The third-order valence-corrected chi connectivity index (χ3v) is 1.66. The van der Waals surface area contributed by atoms with E-state index in [1.54, 1.807) is 39.0 Å². The molecule has 0 heterocycles. The van der Waals surface area contributed by atoms with Gasteiger partial charge in [0.15, 0.2) is 0 Å². The lowest BCUT2D eigenvalue weighted by Gasteiger charge is -2.18. The molecule has 4 nitrogen and oxygen atoms in total. The van der Waals surface area contributed by atoms with Gasteiger partial charge in [-0.05, 0) is 26.8 Å². The van der Waals surface area contributed by atoms with Crippen molar-refractivity contribution in [1.29, 1.82) is 0 Å². The number of carbonyl (C=O) groups is 1. The van der Waals surface area contributed by atoms with Crippen LogP contribution < -0.4 is 5.43 Å². The molecule has 17 heavy (non-hydrogen) atoms. The van der Waals surface area contributed by atoms with E-state index in [2.05, 4.69) is 10.5 Å². The van der Waals surface area contributed by atoms with Crippen LogP contribution in [0.5, 0.6) is 0 Å². The maximum absolute atomic E-state index is 13.2. The van der Waals surface area contributed by atoms with Gasteiger partial charge >= 0.3 is 6.09 Å². The second kappa shape index (κ2) is 5.43. The molecule has 0 aliphatic rings. The van der Waals surface area contributed by atoms with Gasteiger partial charge in [0.25, 0.3) is 0 Å². The summed E-state index contributed by atoms with van der Waals surface area (Å²) in [5.41, 5.74) is 1.87. The highest BCUT2D eigenvalue weighted by molar-refractivity contribution is 5.81. The first kappa shape index (κ1) is 13.2. The summed E-state index contributed by atoms with van der Waals surface area (Å²) >= 11 is 0. The lowest BCUT2D eigenvalue weighted by Crippen LogP contribution is -2.29. The minimum absolute atomic E-state index is 0.295. The number of ether oxygens (including phenoxy) is 1. The molecule has 1 aromatic rings. The molecular formula is C12H15FN2O2. The van der Waals surface area contributed by atoms with Gasteiger partial charge in [-0.3, -0.25) is 0 Å². The number of hydrogen-bond donors (Lipinski definition) is 1. The van der Waals surface area contributed by atoms with Crippen molar-refractivity contribution in [2.75, 3.05) is 0 Å². The third-order valence-electron chi connectivity index (χ3n) is 1.66. The van der Waals surface area contributed by atoms with Gasteiger partial charge in [0.1, 0.15) is 11.4 Å². The van der Waals surface area contributed by atoms with Crippen molar-refractivity contribution >= 4 is 12.3 Å². The zero-order valence-corrected chi connectivity index (χ0v) is 10.0. The number of benzene rings is 1. The van der Waals surface area contributed by atoms with E-state index < -0.39 is 17.5 Å². The highest BCUT2D eigenvalue weighted by atomic mass is 19.1. The van der Waals surface area contributed by atoms with Crippen LogP contribution >= 0.6 is 0 Å². The maximum Gasteiger partial charge on any atom is 0.428 e. The number of halogens is 1. The molecule has 1 amide bonds. The molecule has 5 heteroatoms. The van der Waals surface area contributed by atoms with E-state index in [0.717, 1.165) is 0 Å². The molecule has 1 rings (SSSR count). The quantitative estimate of drug-likeness (QED) is 0.636. The van der Waals surface area contributed by atoms with Crippen molar-refractivity contribution in [1.82, 2.24) is 5.43 Å². The summed E-state index contributed by atoms with van der Waals surface area (Å²) in [6.07, 6.45) is 0.546. The first-order valence-corrected chi connectivity index (χ1v) is 5.15. The van der Waals surface area contributed by atoms with Crippen molar-refractivity contribution in [3.8, 4) is 0 Å². The first-order valence-electron chi connectivity index (χ1n) is 5.15. The number of amides is 1. The summed E-state index contributed by atoms with van der Waals surface area (Å²) in [6, 6.07) is 6.12. The van der Waals surface area contributed by atoms with Crippen LogP contribution in [0, 0.1) is 5.82 Å². The van der Waals surface area contributed by atoms with Crippen LogP contribution in [0.25, 0.3) is 0 Å². The zero-order valence-electron chi connectivity index (χ0n) is 10.0. The minimum atomic E-state index is -0.676. The Morgan fingerprint density at radius 1 is 1.41 bits per heavy atom. The second-order valence-corrected chi connectivity index (χ2v) is 4.39. The predicted octanol–water partition coefficient (Wildman–Crippen LogP) is 2.68. The van der Waals surface area contributed by atoms with Gasteiger partial charge in [0.05, 0.1) is 6.21 Å². The lowest BCUT2D eigenvalue weighted by atomic mass is 10.2. The van der Waals surface area contributed by atoms with Gasteiger partial charge in [-0.25, -0.2) is 14.6 Å². The summed E-state index contributed by atoms with van der Waals surface area (Å²) in [6.45, 7) is 5.23. The van der Waals surface area contributed by atoms with Crippen molar-refractivity contribution in [2.24, 2.45) is 5.10 Å². The highest BCUT2D eigenvalue weighted by Gasteiger charge is 2.15. The molecule has 0 atom stereocenters. The molecule has 0 fully saturated rings. The van der Waals surface area contributed by atoms with Crippen LogP contribution in [-0.4, -0.2) is 17.9 Å². The van der Waals surface area contributed by atoms with Gasteiger partial charge in [-0.1, -0.05) is 18.2 Å². The van der Waals surface area contributed by atoms with E-state index in [9.17, 15) is 9.18 Å². The molecule has 0 radical (unpaired) electrons. The second-order valence-electron chi connectivity index (χ2n) is 4.39. The molecule has 0 saturated carbocycles. The van der Waals surface area contributed by atoms with Gasteiger partial charge in [0.2, 0.25) is 0 Å². The van der Waals surface area contributed by atoms with Crippen molar-refractivity contribution < 1.29 is 13.9 Å². The number of nitrogens with zero attached hydrogens (tertiary/aromatic N) is 1. The summed E-state index contributed by atoms with van der Waals surface area (Å²) < 4.78 is 18.1. The van der Waals surface area contributed by atoms with E-state index >= 15 is 0 Å². The van der Waals surface area contributed by atoms with Gasteiger partial charge in [-0.15, -0.1) is 0 Å². The van der Waals surface area contributed by atoms with Crippen molar-refractivity contribution in [3.63, 3.8) is 0 Å². The molecule has 0 saturated heterocycles. The normalized spacial score (nSPS) is 11.5. The summed E-state index contributed by atoms with van der Waals surface area (Å²) in [5, 5.41) is 3.60. The Hall–Kier alpha value is -1.91. The lowest BCUT2D eigenvalue weighted by molar-refractivity contribution is 0.0529. The highest BCUT2D eigenvalue weighted by Crippen LogP contribution is 2.06. The standard InChI is InChI=1S/C12H15FN2O2/c1-12(2,3)17-11(16)15-14-8-9-6-4-5-7-10(9)13/h4-8H,1-3H3,(H,15,16)/b14-8+. The number of hydrogen-bond acceptors (Lipinski definition) is 3. The third kappa shape index (κ3) is 5.10. The molecule has 1 N–H and O–H groups in total. The summed E-state index contributed by atoms with van der Waals surface area (Å²) in [7, 11) is 0. The monoisotopic (exact) mass is 238 g/mol. The Labute approximate surface area is 99.5 Å². The zero-order chi connectivity index (χ0) is 12.9. The van der Waals surface area contributed by atoms with Gasteiger partial charge in [0, 0.05) is 5.56 Å². The van der Waals surface area contributed by atoms with Crippen LogP contribution in [0.2, 0.25) is 0 Å². The van der Waals surface area contributed by atoms with Crippen LogP contribution in [0.15, 0.2) is 29.4 Å². The van der Waals surface area contributed by atoms with E-state index in [1.807, 2.05) is 0 Å². The molecule has 0 bridgehead atoms. The van der Waals surface area contributed by atoms with Crippen LogP contribution in [0.3, 0.4) is 0 Å². The number of carbonyl (C=O) groups excluding carboxylic acids is 1. The minimum Gasteiger partial charge on any atom is -0.443 e. The first-order chi connectivity index (χ1) is 7.88. The molecule has 0 aliphatic heterocycles. The number of nitrogens with one attached hydrogen (secondary N) is 1. The molecule has 0 spiro atoms. The Balaban J connectivity index is 2.51. The Morgan fingerprint density at radius 2 is 2.06 bits per heavy atom. The van der Waals surface area contributed by atoms with E-state index in [0.29, 0.717) is 5.56 Å². The van der Waals surface area contributed by atoms with Gasteiger partial charge < -0.3 is 4.74 Å². The molecule has 0 unspecified atom stereocenters. The summed E-state index contributed by atoms with van der Waals surface area (Å²) in [5.74, 6) is -0.401. The van der Waals surface area contributed by atoms with E-state index in [1.165, 1.54) is 12.3 Å². The number of rotatable bonds is 2. The Morgan fingerprint density at radius 3 is 2.65 bits per heavy atom. The van der Waals surface area contributed by atoms with Crippen LogP contribution in [0.1, 0.15) is 26.3 Å². The van der Waals surface area contributed by atoms with E-state index in [-0.39, 0.29) is 0 Å². The fourth-order valence-electron chi connectivity index (χ4n) is 1.04. The SMILES string of the molecule is CC(C)(C)OC(=O)N/N=C/c1ccccc1F. The largest absolute Gasteiger partial charge is 0.443 e. The fraction of sp³-hybridized carbons (Fsp3) is 0.333. The van der Waals surface area contributed by atoms with Crippen molar-refractivity contribution in [2.45, 2.75) is 26.4 Å². The maximum atomic E-state index is 13.2.